The number of ether oxygens (including phenoxy) is 2. The molecule has 1 atom stereocenters. The number of nitrogens with two attached hydrogens (primary N) is 1. The highest BCUT2D eigenvalue weighted by Crippen LogP contribution is 2.28. The first-order chi connectivity index (χ1) is 8.58. The zero-order valence-corrected chi connectivity index (χ0v) is 10.5. The van der Waals surface area contributed by atoms with Crippen LogP contribution in [0.2, 0.25) is 0 Å². The van der Waals surface area contributed by atoms with E-state index in [-0.39, 0.29) is 11.7 Å². The molecule has 0 amide bonds. The molecule has 4 nitrogen and oxygen atoms in total. The molecule has 6 heteroatoms. The van der Waals surface area contributed by atoms with E-state index in [0.717, 1.165) is 0 Å². The largest absolute Gasteiger partial charge is 0.399 e. The molecule has 0 aliphatic carbocycles. The van der Waals surface area contributed by atoms with E-state index >= 15 is 0 Å². The highest BCUT2D eigenvalue weighted by molar-refractivity contribution is 5.58. The Bertz CT molecular complexity index is 375. The predicted octanol–water partition coefficient (Wildman–Crippen LogP) is 2.28. The fraction of sp³-hybridized carbons (Fsp3) is 0.500. The first kappa shape index (κ1) is 14.7. The van der Waals surface area contributed by atoms with Crippen LogP contribution in [0.25, 0.3) is 0 Å². The van der Waals surface area contributed by atoms with E-state index in [0.29, 0.717) is 24.5 Å². The predicted molar refractivity (Wildman–Crippen MR) is 67.0 cm³/mol. The van der Waals surface area contributed by atoms with Gasteiger partial charge in [0.2, 0.25) is 0 Å². The molecular weight excluding hydrogens is 242 g/mol. The molecule has 1 rings (SSSR count). The van der Waals surface area contributed by atoms with E-state index < -0.39 is 6.43 Å². The quantitative estimate of drug-likeness (QED) is 0.738. The topological polar surface area (TPSA) is 56.5 Å². The fourth-order valence-corrected chi connectivity index (χ4v) is 1.54. The third-order valence-corrected chi connectivity index (χ3v) is 2.52. The Morgan fingerprint density at radius 2 is 2.06 bits per heavy atom. The number of alkyl halides is 2. The summed E-state index contributed by atoms with van der Waals surface area (Å²) in [5.74, 6) is 0. The van der Waals surface area contributed by atoms with Gasteiger partial charge in [0, 0.05) is 37.7 Å². The van der Waals surface area contributed by atoms with Crippen molar-refractivity contribution in [2.75, 3.05) is 38.4 Å². The van der Waals surface area contributed by atoms with E-state index in [1.807, 2.05) is 0 Å². The number of benzene rings is 1. The number of nitrogens with one attached hydrogen (secondary N) is 1. The van der Waals surface area contributed by atoms with Gasteiger partial charge in [0.25, 0.3) is 6.43 Å². The van der Waals surface area contributed by atoms with E-state index in [1.165, 1.54) is 12.1 Å². The van der Waals surface area contributed by atoms with Crippen LogP contribution in [-0.4, -0.2) is 33.5 Å². The third-order valence-electron chi connectivity index (χ3n) is 2.52. The summed E-state index contributed by atoms with van der Waals surface area (Å²) in [5, 5.41) is 2.92. The van der Waals surface area contributed by atoms with E-state index in [4.69, 9.17) is 15.2 Å². The van der Waals surface area contributed by atoms with Gasteiger partial charge in [0.1, 0.15) is 0 Å². The monoisotopic (exact) mass is 260 g/mol. The fourth-order valence-electron chi connectivity index (χ4n) is 1.54. The lowest BCUT2D eigenvalue weighted by Crippen LogP contribution is -2.26. The normalized spacial score (nSPS) is 12.7. The molecule has 1 aromatic carbocycles. The lowest BCUT2D eigenvalue weighted by molar-refractivity contribution is 0.0365. The minimum absolute atomic E-state index is 0.109. The van der Waals surface area contributed by atoms with Crippen molar-refractivity contribution in [3.8, 4) is 0 Å². The number of methoxy groups -OCH3 is 2. The Kier molecular flexibility index (Phi) is 5.80. The van der Waals surface area contributed by atoms with E-state index in [1.54, 1.807) is 20.3 Å². The summed E-state index contributed by atoms with van der Waals surface area (Å²) in [4.78, 5) is 0. The van der Waals surface area contributed by atoms with Crippen molar-refractivity contribution in [2.45, 2.75) is 12.5 Å². The molecule has 102 valence electrons. The summed E-state index contributed by atoms with van der Waals surface area (Å²) >= 11 is 0. The van der Waals surface area contributed by atoms with Gasteiger partial charge in [-0.25, -0.2) is 8.78 Å². The Balaban J connectivity index is 2.71. The van der Waals surface area contributed by atoms with Crippen LogP contribution in [0, 0.1) is 0 Å². The standard InChI is InChI=1S/C12H18F2N2O2/c1-17-7-9(18-2)6-16-11-4-3-8(15)5-10(11)12(13)14/h3-5,9,12,16H,6-7,15H2,1-2H3. The van der Waals surface area contributed by atoms with Crippen LogP contribution >= 0.6 is 0 Å². The van der Waals surface area contributed by atoms with Crippen molar-refractivity contribution in [3.05, 3.63) is 23.8 Å². The maximum atomic E-state index is 12.8. The zero-order chi connectivity index (χ0) is 13.5. The van der Waals surface area contributed by atoms with Gasteiger partial charge < -0.3 is 20.5 Å². The Hall–Kier alpha value is -1.40. The maximum Gasteiger partial charge on any atom is 0.265 e. The second-order valence-corrected chi connectivity index (χ2v) is 3.84. The minimum Gasteiger partial charge on any atom is -0.399 e. The number of halogens is 2. The molecule has 0 spiro atoms. The van der Waals surface area contributed by atoms with Crippen LogP contribution in [0.4, 0.5) is 20.2 Å². The van der Waals surface area contributed by atoms with E-state index in [9.17, 15) is 8.78 Å². The molecule has 0 radical (unpaired) electrons. The average Bonchev–Trinajstić information content (AvgIpc) is 2.35. The lowest BCUT2D eigenvalue weighted by atomic mass is 10.1. The summed E-state index contributed by atoms with van der Waals surface area (Å²) in [5.41, 5.74) is 6.05. The molecule has 0 heterocycles. The summed E-state index contributed by atoms with van der Waals surface area (Å²) < 4.78 is 35.7. The van der Waals surface area contributed by atoms with Crippen molar-refractivity contribution in [1.29, 1.82) is 0 Å². The second kappa shape index (κ2) is 7.13. The number of nitrogen functional groups attached to an aromatic ring is 1. The third kappa shape index (κ3) is 4.12. The molecule has 0 aromatic heterocycles. The molecule has 0 saturated heterocycles. The number of anilines is 2. The van der Waals surface area contributed by atoms with Gasteiger partial charge in [0.15, 0.2) is 0 Å². The molecule has 0 fully saturated rings. The Morgan fingerprint density at radius 1 is 1.33 bits per heavy atom. The van der Waals surface area contributed by atoms with Crippen molar-refractivity contribution >= 4 is 11.4 Å². The molecule has 0 saturated carbocycles. The first-order valence-corrected chi connectivity index (χ1v) is 5.51. The Morgan fingerprint density at radius 3 is 2.61 bits per heavy atom. The van der Waals surface area contributed by atoms with Gasteiger partial charge in [-0.1, -0.05) is 0 Å². The van der Waals surface area contributed by atoms with Crippen LogP contribution in [-0.2, 0) is 9.47 Å². The first-order valence-electron chi connectivity index (χ1n) is 5.51. The van der Waals surface area contributed by atoms with Crippen LogP contribution in [0.5, 0.6) is 0 Å². The van der Waals surface area contributed by atoms with Crippen molar-refractivity contribution in [2.24, 2.45) is 0 Å². The molecule has 18 heavy (non-hydrogen) atoms. The second-order valence-electron chi connectivity index (χ2n) is 3.84. The molecule has 0 aliphatic heterocycles. The highest BCUT2D eigenvalue weighted by Gasteiger charge is 2.14. The summed E-state index contributed by atoms with van der Waals surface area (Å²) in [6.07, 6.45) is -2.77. The minimum atomic E-state index is -2.57. The molecule has 0 bridgehead atoms. The smallest absolute Gasteiger partial charge is 0.265 e. The summed E-state index contributed by atoms with van der Waals surface area (Å²) in [6, 6.07) is 4.38. The molecule has 1 aromatic rings. The molecule has 3 N–H and O–H groups in total. The van der Waals surface area contributed by atoms with Gasteiger partial charge in [-0.2, -0.15) is 0 Å². The van der Waals surface area contributed by atoms with Crippen LogP contribution in [0.3, 0.4) is 0 Å². The zero-order valence-electron chi connectivity index (χ0n) is 10.5. The van der Waals surface area contributed by atoms with Crippen molar-refractivity contribution in [3.63, 3.8) is 0 Å². The number of hydrogen-bond donors (Lipinski definition) is 2. The maximum absolute atomic E-state index is 12.8. The van der Waals surface area contributed by atoms with Gasteiger partial charge >= 0.3 is 0 Å². The lowest BCUT2D eigenvalue weighted by Gasteiger charge is -2.18. The van der Waals surface area contributed by atoms with Crippen LogP contribution in [0.15, 0.2) is 18.2 Å². The average molecular weight is 260 g/mol. The number of rotatable bonds is 7. The summed E-state index contributed by atoms with van der Waals surface area (Å²) in [7, 11) is 3.10. The van der Waals surface area contributed by atoms with Crippen LogP contribution < -0.4 is 11.1 Å². The van der Waals surface area contributed by atoms with E-state index in [2.05, 4.69) is 5.32 Å². The van der Waals surface area contributed by atoms with Crippen LogP contribution in [0.1, 0.15) is 12.0 Å². The molecular formula is C12H18F2N2O2. The summed E-state index contributed by atoms with van der Waals surface area (Å²) in [6.45, 7) is 0.774. The van der Waals surface area contributed by atoms with Gasteiger partial charge in [-0.05, 0) is 18.2 Å². The molecule has 1 unspecified atom stereocenters. The van der Waals surface area contributed by atoms with Crippen molar-refractivity contribution < 1.29 is 18.3 Å². The SMILES string of the molecule is COCC(CNc1ccc(N)cc1C(F)F)OC. The van der Waals surface area contributed by atoms with Gasteiger partial charge in [-0.3, -0.25) is 0 Å². The highest BCUT2D eigenvalue weighted by atomic mass is 19.3. The van der Waals surface area contributed by atoms with Crippen molar-refractivity contribution in [1.82, 2.24) is 0 Å². The Labute approximate surface area is 105 Å². The molecule has 0 aliphatic rings. The van der Waals surface area contributed by atoms with Gasteiger partial charge in [0.05, 0.1) is 12.7 Å². The number of hydrogen-bond acceptors (Lipinski definition) is 4. The van der Waals surface area contributed by atoms with Gasteiger partial charge in [-0.15, -0.1) is 0 Å².